The van der Waals surface area contributed by atoms with Crippen LogP contribution in [0.25, 0.3) is 0 Å². The van der Waals surface area contributed by atoms with Crippen LogP contribution in [-0.2, 0) is 4.79 Å². The normalized spacial score (nSPS) is 15.0. The third kappa shape index (κ3) is 2.81. The molecule has 6 nitrogen and oxygen atoms in total. The molecule has 0 aromatic heterocycles. The number of hydrogen-bond donors (Lipinski definition) is 2. The lowest BCUT2D eigenvalue weighted by molar-refractivity contribution is -0.170. The SMILES string of the molecule is O=C(O)c1ccc2c(c1)C(=O)NCCN2C(=O)C(F)(F)F. The highest BCUT2D eigenvalue weighted by Crippen LogP contribution is 2.28. The molecule has 1 aromatic rings. The molecule has 0 atom stereocenters. The van der Waals surface area contributed by atoms with E-state index in [2.05, 4.69) is 5.32 Å². The topological polar surface area (TPSA) is 86.7 Å². The Kier molecular flexibility index (Phi) is 3.58. The van der Waals surface area contributed by atoms with Gasteiger partial charge in [0.2, 0.25) is 0 Å². The Hall–Kier alpha value is -2.58. The summed E-state index contributed by atoms with van der Waals surface area (Å²) in [6, 6.07) is 3.00. The first kappa shape index (κ1) is 14.8. The van der Waals surface area contributed by atoms with Crippen LogP contribution >= 0.6 is 0 Å². The van der Waals surface area contributed by atoms with Crippen LogP contribution in [0.5, 0.6) is 0 Å². The van der Waals surface area contributed by atoms with E-state index in [0.717, 1.165) is 18.2 Å². The van der Waals surface area contributed by atoms with Gasteiger partial charge in [0.05, 0.1) is 16.8 Å². The molecule has 2 amide bonds. The average molecular weight is 302 g/mol. The summed E-state index contributed by atoms with van der Waals surface area (Å²) < 4.78 is 37.7. The predicted molar refractivity (Wildman–Crippen MR) is 64.1 cm³/mol. The summed E-state index contributed by atoms with van der Waals surface area (Å²) in [6.07, 6.45) is -5.09. The van der Waals surface area contributed by atoms with Gasteiger partial charge in [0.25, 0.3) is 5.91 Å². The first-order valence-electron chi connectivity index (χ1n) is 5.76. The number of fused-ring (bicyclic) bond motifs is 1. The van der Waals surface area contributed by atoms with Gasteiger partial charge in [-0.1, -0.05) is 0 Å². The van der Waals surface area contributed by atoms with Crippen LogP contribution in [0.4, 0.5) is 18.9 Å². The Balaban J connectivity index is 2.55. The van der Waals surface area contributed by atoms with Gasteiger partial charge in [0.15, 0.2) is 0 Å². The van der Waals surface area contributed by atoms with Crippen molar-refractivity contribution in [3.8, 4) is 0 Å². The van der Waals surface area contributed by atoms with Crippen LogP contribution in [0.2, 0.25) is 0 Å². The third-order valence-electron chi connectivity index (χ3n) is 2.89. The number of carboxylic acids is 1. The van der Waals surface area contributed by atoms with Crippen molar-refractivity contribution in [2.75, 3.05) is 18.0 Å². The second-order valence-corrected chi connectivity index (χ2v) is 4.25. The summed E-state index contributed by atoms with van der Waals surface area (Å²) in [5.41, 5.74) is -0.812. The summed E-state index contributed by atoms with van der Waals surface area (Å²) in [4.78, 5) is 34.5. The number of carbonyl (C=O) groups excluding carboxylic acids is 2. The number of anilines is 1. The number of nitrogens with zero attached hydrogens (tertiary/aromatic N) is 1. The Bertz CT molecular complexity index is 627. The molecule has 1 aromatic carbocycles. The molecule has 1 aliphatic heterocycles. The third-order valence-corrected chi connectivity index (χ3v) is 2.89. The summed E-state index contributed by atoms with van der Waals surface area (Å²) in [7, 11) is 0. The second kappa shape index (κ2) is 5.08. The summed E-state index contributed by atoms with van der Waals surface area (Å²) >= 11 is 0. The van der Waals surface area contributed by atoms with Gasteiger partial charge in [0, 0.05) is 13.1 Å². The van der Waals surface area contributed by atoms with Crippen molar-refractivity contribution in [1.29, 1.82) is 0 Å². The number of nitrogens with one attached hydrogen (secondary N) is 1. The zero-order valence-corrected chi connectivity index (χ0v) is 10.4. The smallest absolute Gasteiger partial charge is 0.471 e. The van der Waals surface area contributed by atoms with E-state index in [0.29, 0.717) is 4.90 Å². The van der Waals surface area contributed by atoms with Crippen molar-refractivity contribution < 1.29 is 32.7 Å². The number of amides is 2. The molecule has 0 radical (unpaired) electrons. The molecule has 9 heteroatoms. The van der Waals surface area contributed by atoms with Gasteiger partial charge >= 0.3 is 18.1 Å². The molecule has 0 aliphatic carbocycles. The van der Waals surface area contributed by atoms with Crippen molar-refractivity contribution in [1.82, 2.24) is 5.32 Å². The van der Waals surface area contributed by atoms with Gasteiger partial charge in [-0.15, -0.1) is 0 Å². The fourth-order valence-electron chi connectivity index (χ4n) is 1.95. The van der Waals surface area contributed by atoms with Gasteiger partial charge in [-0.05, 0) is 18.2 Å². The zero-order valence-electron chi connectivity index (χ0n) is 10.4. The summed E-state index contributed by atoms with van der Waals surface area (Å²) in [5, 5.41) is 11.2. The lowest BCUT2D eigenvalue weighted by Gasteiger charge is -2.23. The number of halogens is 3. The fourth-order valence-corrected chi connectivity index (χ4v) is 1.95. The molecule has 2 rings (SSSR count). The van der Waals surface area contributed by atoms with Crippen LogP contribution in [0.15, 0.2) is 18.2 Å². The standard InChI is InChI=1S/C12H9F3N2O4/c13-12(14,15)11(21)17-4-3-16-9(18)7-5-6(10(19)20)1-2-8(7)17/h1-2,5H,3-4H2,(H,16,18)(H,19,20). The maximum absolute atomic E-state index is 12.6. The van der Waals surface area contributed by atoms with E-state index in [4.69, 9.17) is 5.11 Å². The monoisotopic (exact) mass is 302 g/mol. The van der Waals surface area contributed by atoms with Crippen LogP contribution in [0.1, 0.15) is 20.7 Å². The van der Waals surface area contributed by atoms with Crippen molar-refractivity contribution in [3.63, 3.8) is 0 Å². The highest BCUT2D eigenvalue weighted by molar-refractivity contribution is 6.08. The van der Waals surface area contributed by atoms with Gasteiger partial charge in [-0.3, -0.25) is 9.59 Å². The molecule has 1 aliphatic rings. The van der Waals surface area contributed by atoms with Gasteiger partial charge in [-0.2, -0.15) is 13.2 Å². The van der Waals surface area contributed by atoms with Crippen LogP contribution in [-0.4, -0.2) is 42.2 Å². The van der Waals surface area contributed by atoms with E-state index < -0.39 is 24.0 Å². The summed E-state index contributed by atoms with van der Waals surface area (Å²) in [6.45, 7) is -0.527. The molecular formula is C12H9F3N2O4. The Morgan fingerprint density at radius 2 is 1.95 bits per heavy atom. The zero-order chi connectivity index (χ0) is 15.8. The number of carbonyl (C=O) groups is 3. The van der Waals surface area contributed by atoms with Crippen molar-refractivity contribution in [2.24, 2.45) is 0 Å². The molecule has 0 fully saturated rings. The quantitative estimate of drug-likeness (QED) is 0.811. The largest absolute Gasteiger partial charge is 0.478 e. The first-order chi connectivity index (χ1) is 9.71. The fraction of sp³-hybridized carbons (Fsp3) is 0.250. The average Bonchev–Trinajstić information content (AvgIpc) is 2.56. The molecule has 1 heterocycles. The Morgan fingerprint density at radius 3 is 2.52 bits per heavy atom. The molecule has 0 saturated carbocycles. The number of carboxylic acid groups (broad SMARTS) is 1. The minimum Gasteiger partial charge on any atom is -0.478 e. The molecule has 0 spiro atoms. The Labute approximate surface area is 116 Å². The molecule has 0 unspecified atom stereocenters. The van der Waals surface area contributed by atoms with Gasteiger partial charge < -0.3 is 15.3 Å². The van der Waals surface area contributed by atoms with E-state index in [1.165, 1.54) is 0 Å². The molecule has 112 valence electrons. The van der Waals surface area contributed by atoms with E-state index in [1.54, 1.807) is 0 Å². The van der Waals surface area contributed by atoms with Crippen molar-refractivity contribution in [3.05, 3.63) is 29.3 Å². The maximum atomic E-state index is 12.6. The maximum Gasteiger partial charge on any atom is 0.471 e. The lowest BCUT2D eigenvalue weighted by Crippen LogP contribution is -2.43. The minimum atomic E-state index is -5.09. The number of benzene rings is 1. The highest BCUT2D eigenvalue weighted by atomic mass is 19.4. The number of alkyl halides is 3. The molecule has 2 N–H and O–H groups in total. The molecule has 0 saturated heterocycles. The lowest BCUT2D eigenvalue weighted by atomic mass is 10.1. The summed E-state index contributed by atoms with van der Waals surface area (Å²) in [5.74, 6) is -4.17. The first-order valence-corrected chi connectivity index (χ1v) is 5.76. The van der Waals surface area contributed by atoms with Crippen LogP contribution in [0.3, 0.4) is 0 Å². The molecule has 0 bridgehead atoms. The molecular weight excluding hydrogens is 293 g/mol. The second-order valence-electron chi connectivity index (χ2n) is 4.25. The van der Waals surface area contributed by atoms with Gasteiger partial charge in [0.1, 0.15) is 0 Å². The van der Waals surface area contributed by atoms with E-state index in [-0.39, 0.29) is 29.9 Å². The Morgan fingerprint density at radius 1 is 1.29 bits per heavy atom. The van der Waals surface area contributed by atoms with E-state index in [1.807, 2.05) is 0 Å². The highest BCUT2D eigenvalue weighted by Gasteiger charge is 2.44. The van der Waals surface area contributed by atoms with Crippen molar-refractivity contribution in [2.45, 2.75) is 6.18 Å². The van der Waals surface area contributed by atoms with Crippen LogP contribution in [0, 0.1) is 0 Å². The van der Waals surface area contributed by atoms with Gasteiger partial charge in [-0.25, -0.2) is 4.79 Å². The van der Waals surface area contributed by atoms with Crippen LogP contribution < -0.4 is 10.2 Å². The minimum absolute atomic E-state index is 0.169. The van der Waals surface area contributed by atoms with E-state index >= 15 is 0 Å². The van der Waals surface area contributed by atoms with Crippen molar-refractivity contribution >= 4 is 23.5 Å². The predicted octanol–water partition coefficient (Wildman–Crippen LogP) is 1.02. The number of hydrogen-bond acceptors (Lipinski definition) is 3. The van der Waals surface area contributed by atoms with E-state index in [9.17, 15) is 27.6 Å². The number of aromatic carboxylic acids is 1. The molecule has 21 heavy (non-hydrogen) atoms. The number of rotatable bonds is 1.